The van der Waals surface area contributed by atoms with Gasteiger partial charge in [-0.05, 0) is 42.5 Å². The van der Waals surface area contributed by atoms with Gasteiger partial charge in [-0.25, -0.2) is 0 Å². The molecule has 3 rings (SSSR count). The average Bonchev–Trinajstić information content (AvgIpc) is 2.49. The van der Waals surface area contributed by atoms with Crippen LogP contribution in [0.4, 0.5) is 17.1 Å². The maximum atomic E-state index is 11.8. The Hall–Kier alpha value is -1.82. The van der Waals surface area contributed by atoms with Crippen molar-refractivity contribution >= 4 is 63.5 Å². The monoisotopic (exact) mass is 351 g/mol. The van der Waals surface area contributed by atoms with Gasteiger partial charge < -0.3 is 15.5 Å². The normalized spacial score (nSPS) is 13.4. The molecule has 0 aliphatic carbocycles. The average molecular weight is 352 g/mol. The number of thiocarbonyl (C=S) groups is 1. The Morgan fingerprint density at radius 3 is 2.77 bits per heavy atom. The zero-order valence-electron chi connectivity index (χ0n) is 11.3. The summed E-state index contributed by atoms with van der Waals surface area (Å²) in [5, 5.41) is 7.27. The lowest BCUT2D eigenvalue weighted by Crippen LogP contribution is -2.44. The number of hydrogen-bond acceptors (Lipinski definition) is 2. The second-order valence-electron chi connectivity index (χ2n) is 4.71. The number of fused-ring (bicyclic) bond motifs is 1. The van der Waals surface area contributed by atoms with Crippen molar-refractivity contribution in [1.29, 1.82) is 0 Å². The molecule has 112 valence electrons. The quantitative estimate of drug-likeness (QED) is 0.757. The first-order valence-electron chi connectivity index (χ1n) is 6.47. The molecule has 2 aromatic carbocycles. The number of nitrogens with zero attached hydrogens (tertiary/aromatic N) is 1. The molecule has 7 heteroatoms. The fourth-order valence-corrected chi connectivity index (χ4v) is 2.92. The number of hydrogen-bond donors (Lipinski definition) is 2. The number of benzene rings is 2. The molecular formula is C15H11Cl2N3OS. The molecule has 2 N–H and O–H groups in total. The van der Waals surface area contributed by atoms with Crippen molar-refractivity contribution in [2.24, 2.45) is 0 Å². The van der Waals surface area contributed by atoms with Crippen molar-refractivity contribution < 1.29 is 4.79 Å². The predicted molar refractivity (Wildman–Crippen MR) is 95.1 cm³/mol. The fourth-order valence-electron chi connectivity index (χ4n) is 2.19. The standard InChI is InChI=1S/C15H11Cl2N3OS/c16-9-5-6-11(10(17)7-9)19-15(22)20-8-14(21)18-12-3-1-2-4-13(12)20/h1-7H,8H2,(H,18,21)(H,19,22). The Balaban J connectivity index is 1.88. The second-order valence-corrected chi connectivity index (χ2v) is 5.94. The van der Waals surface area contributed by atoms with Crippen molar-refractivity contribution in [3.05, 3.63) is 52.5 Å². The summed E-state index contributed by atoms with van der Waals surface area (Å²) in [6.45, 7) is 0.147. The third kappa shape index (κ3) is 3.02. The lowest BCUT2D eigenvalue weighted by molar-refractivity contribution is -0.115. The van der Waals surface area contributed by atoms with Gasteiger partial charge >= 0.3 is 0 Å². The van der Waals surface area contributed by atoms with Gasteiger partial charge in [0, 0.05) is 5.02 Å². The van der Waals surface area contributed by atoms with Gasteiger partial charge in [0.25, 0.3) is 0 Å². The number of nitrogens with one attached hydrogen (secondary N) is 2. The summed E-state index contributed by atoms with van der Waals surface area (Å²) in [6.07, 6.45) is 0. The number of halogens is 2. The summed E-state index contributed by atoms with van der Waals surface area (Å²) in [7, 11) is 0. The largest absolute Gasteiger partial charge is 0.331 e. The van der Waals surface area contributed by atoms with Gasteiger partial charge in [0.1, 0.15) is 6.54 Å². The van der Waals surface area contributed by atoms with E-state index in [9.17, 15) is 4.79 Å². The molecule has 1 aliphatic heterocycles. The molecule has 0 radical (unpaired) electrons. The van der Waals surface area contributed by atoms with Gasteiger partial charge in [-0.15, -0.1) is 0 Å². The van der Waals surface area contributed by atoms with Crippen LogP contribution in [0.25, 0.3) is 0 Å². The Morgan fingerprint density at radius 1 is 1.23 bits per heavy atom. The van der Waals surface area contributed by atoms with Crippen LogP contribution in [0.5, 0.6) is 0 Å². The van der Waals surface area contributed by atoms with Crippen LogP contribution in [0, 0.1) is 0 Å². The van der Waals surface area contributed by atoms with Gasteiger partial charge in [-0.2, -0.15) is 0 Å². The minimum absolute atomic E-state index is 0.120. The Labute approximate surface area is 143 Å². The molecule has 0 atom stereocenters. The molecule has 1 aliphatic rings. The number of amides is 1. The predicted octanol–water partition coefficient (Wildman–Crippen LogP) is 4.15. The lowest BCUT2D eigenvalue weighted by atomic mass is 10.2. The summed E-state index contributed by atoms with van der Waals surface area (Å²) in [5.41, 5.74) is 2.20. The molecule has 0 saturated heterocycles. The third-order valence-electron chi connectivity index (χ3n) is 3.19. The second kappa shape index (κ2) is 6.12. The number of rotatable bonds is 1. The number of para-hydroxylation sites is 2. The minimum atomic E-state index is -0.120. The van der Waals surface area contributed by atoms with Crippen LogP contribution in [0.3, 0.4) is 0 Å². The first kappa shape index (κ1) is 15.1. The molecule has 0 aromatic heterocycles. The van der Waals surface area contributed by atoms with Gasteiger partial charge in [-0.3, -0.25) is 4.79 Å². The van der Waals surface area contributed by atoms with Gasteiger partial charge in [0.05, 0.1) is 22.1 Å². The van der Waals surface area contributed by atoms with Gasteiger partial charge in [0.2, 0.25) is 5.91 Å². The van der Waals surface area contributed by atoms with E-state index in [4.69, 9.17) is 35.4 Å². The molecule has 1 heterocycles. The summed E-state index contributed by atoms with van der Waals surface area (Å²) >= 11 is 17.4. The van der Waals surface area contributed by atoms with Crippen LogP contribution in [0.1, 0.15) is 0 Å². The Kier molecular flexibility index (Phi) is 4.20. The van der Waals surface area contributed by atoms with Crippen LogP contribution >= 0.6 is 35.4 Å². The Morgan fingerprint density at radius 2 is 2.00 bits per heavy atom. The highest BCUT2D eigenvalue weighted by Crippen LogP contribution is 2.31. The topological polar surface area (TPSA) is 44.4 Å². The molecule has 1 amide bonds. The summed E-state index contributed by atoms with van der Waals surface area (Å²) in [5.74, 6) is -0.120. The number of carbonyl (C=O) groups is 1. The van der Waals surface area contributed by atoms with Crippen LogP contribution < -0.4 is 15.5 Å². The van der Waals surface area contributed by atoms with E-state index in [0.717, 1.165) is 11.4 Å². The first-order chi connectivity index (χ1) is 10.5. The minimum Gasteiger partial charge on any atom is -0.331 e. The number of carbonyl (C=O) groups excluding carboxylic acids is 1. The van der Waals surface area contributed by atoms with E-state index >= 15 is 0 Å². The van der Waals surface area contributed by atoms with E-state index in [1.165, 1.54) is 0 Å². The molecule has 0 spiro atoms. The van der Waals surface area contributed by atoms with Crippen LogP contribution in [0.2, 0.25) is 10.0 Å². The SMILES string of the molecule is O=C1CN(C(=S)Nc2ccc(Cl)cc2Cl)c2ccccc2N1. The highest BCUT2D eigenvalue weighted by atomic mass is 35.5. The zero-order chi connectivity index (χ0) is 15.7. The van der Waals surface area contributed by atoms with Crippen molar-refractivity contribution in [2.45, 2.75) is 0 Å². The highest BCUT2D eigenvalue weighted by Gasteiger charge is 2.24. The number of anilines is 3. The van der Waals surface area contributed by atoms with E-state index in [-0.39, 0.29) is 12.5 Å². The van der Waals surface area contributed by atoms with E-state index in [2.05, 4.69) is 10.6 Å². The summed E-state index contributed by atoms with van der Waals surface area (Å²) < 4.78 is 0. The molecule has 0 saturated carbocycles. The summed E-state index contributed by atoms with van der Waals surface area (Å²) in [4.78, 5) is 13.6. The van der Waals surface area contributed by atoms with E-state index in [1.54, 1.807) is 23.1 Å². The molecular weight excluding hydrogens is 341 g/mol. The maximum Gasteiger partial charge on any atom is 0.244 e. The van der Waals surface area contributed by atoms with E-state index in [1.807, 2.05) is 24.3 Å². The molecule has 4 nitrogen and oxygen atoms in total. The van der Waals surface area contributed by atoms with Crippen molar-refractivity contribution in [1.82, 2.24) is 0 Å². The first-order valence-corrected chi connectivity index (χ1v) is 7.63. The molecule has 0 fully saturated rings. The molecule has 0 bridgehead atoms. The van der Waals surface area contributed by atoms with Crippen LogP contribution in [-0.4, -0.2) is 17.6 Å². The smallest absolute Gasteiger partial charge is 0.244 e. The zero-order valence-corrected chi connectivity index (χ0v) is 13.6. The van der Waals surface area contributed by atoms with Crippen molar-refractivity contribution in [3.8, 4) is 0 Å². The van der Waals surface area contributed by atoms with E-state index in [0.29, 0.717) is 20.8 Å². The maximum absolute atomic E-state index is 11.8. The Bertz CT molecular complexity index is 766. The summed E-state index contributed by atoms with van der Waals surface area (Å²) in [6, 6.07) is 12.6. The van der Waals surface area contributed by atoms with Crippen molar-refractivity contribution in [3.63, 3.8) is 0 Å². The lowest BCUT2D eigenvalue weighted by Gasteiger charge is -2.31. The van der Waals surface area contributed by atoms with Crippen molar-refractivity contribution in [2.75, 3.05) is 22.1 Å². The molecule has 2 aromatic rings. The molecule has 22 heavy (non-hydrogen) atoms. The van der Waals surface area contributed by atoms with Crippen LogP contribution in [0.15, 0.2) is 42.5 Å². The van der Waals surface area contributed by atoms with E-state index < -0.39 is 0 Å². The van der Waals surface area contributed by atoms with Gasteiger partial charge in [-0.1, -0.05) is 35.3 Å². The fraction of sp³-hybridized carbons (Fsp3) is 0.0667. The molecule has 0 unspecified atom stereocenters. The highest BCUT2D eigenvalue weighted by molar-refractivity contribution is 7.80. The third-order valence-corrected chi connectivity index (χ3v) is 4.06. The van der Waals surface area contributed by atoms with Crippen LogP contribution in [-0.2, 0) is 4.79 Å². The van der Waals surface area contributed by atoms with Gasteiger partial charge in [0.15, 0.2) is 5.11 Å².